The number of rotatable bonds is 4. The Hall–Kier alpha value is -3.19. The van der Waals surface area contributed by atoms with Gasteiger partial charge in [-0.1, -0.05) is 6.42 Å². The quantitative estimate of drug-likeness (QED) is 0.517. The first-order valence-corrected chi connectivity index (χ1v) is 11.0. The summed E-state index contributed by atoms with van der Waals surface area (Å²) in [7, 11) is 0. The van der Waals surface area contributed by atoms with Crippen molar-refractivity contribution in [3.05, 3.63) is 42.3 Å². The van der Waals surface area contributed by atoms with Gasteiger partial charge in [-0.3, -0.25) is 0 Å². The van der Waals surface area contributed by atoms with E-state index >= 15 is 0 Å². The van der Waals surface area contributed by atoms with E-state index in [9.17, 15) is 5.11 Å². The summed E-state index contributed by atoms with van der Waals surface area (Å²) in [6, 6.07) is 12.6. The fourth-order valence-electron chi connectivity index (χ4n) is 4.62. The highest BCUT2D eigenvalue weighted by molar-refractivity contribution is 5.86. The molecule has 0 amide bonds. The van der Waals surface area contributed by atoms with Gasteiger partial charge in [-0.2, -0.15) is 0 Å². The van der Waals surface area contributed by atoms with Gasteiger partial charge in [0.05, 0.1) is 16.7 Å². The molecule has 1 unspecified atom stereocenters. The van der Waals surface area contributed by atoms with Crippen LogP contribution >= 0.6 is 0 Å². The fourth-order valence-corrected chi connectivity index (χ4v) is 4.62. The van der Waals surface area contributed by atoms with Gasteiger partial charge in [0.15, 0.2) is 11.5 Å². The van der Waals surface area contributed by atoms with Crippen LogP contribution in [0.5, 0.6) is 5.75 Å². The molecule has 2 fully saturated rings. The Labute approximate surface area is 180 Å². The number of aromatic hydroxyl groups is 1. The number of oxazole rings is 1. The van der Waals surface area contributed by atoms with Gasteiger partial charge < -0.3 is 19.7 Å². The third-order valence-electron chi connectivity index (χ3n) is 6.51. The fraction of sp³-hybridized carbons (Fsp3) is 0.375. The molecule has 7 heteroatoms. The average Bonchev–Trinajstić information content (AvgIpc) is 3.35. The first-order valence-electron chi connectivity index (χ1n) is 11.0. The van der Waals surface area contributed by atoms with E-state index in [4.69, 9.17) is 14.4 Å². The second-order valence-electron chi connectivity index (χ2n) is 8.70. The number of benzene rings is 1. The van der Waals surface area contributed by atoms with E-state index in [2.05, 4.69) is 15.2 Å². The zero-order valence-corrected chi connectivity index (χ0v) is 17.5. The molecule has 2 N–H and O–H groups in total. The summed E-state index contributed by atoms with van der Waals surface area (Å²) in [4.78, 5) is 16.2. The van der Waals surface area contributed by atoms with Crippen LogP contribution in [0.3, 0.4) is 0 Å². The molecule has 0 radical (unpaired) electrons. The van der Waals surface area contributed by atoms with E-state index in [1.165, 1.54) is 19.3 Å². The van der Waals surface area contributed by atoms with Gasteiger partial charge in [0.1, 0.15) is 17.1 Å². The predicted molar refractivity (Wildman–Crippen MR) is 120 cm³/mol. The van der Waals surface area contributed by atoms with Gasteiger partial charge in [0.25, 0.3) is 0 Å². The van der Waals surface area contributed by atoms with Gasteiger partial charge in [-0.15, -0.1) is 0 Å². The van der Waals surface area contributed by atoms with E-state index in [0.717, 1.165) is 36.4 Å². The summed E-state index contributed by atoms with van der Waals surface area (Å²) >= 11 is 0. The molecule has 1 aromatic carbocycles. The largest absolute Gasteiger partial charge is 0.507 e. The third kappa shape index (κ3) is 3.39. The third-order valence-corrected chi connectivity index (χ3v) is 6.51. The second-order valence-corrected chi connectivity index (χ2v) is 8.70. The second kappa shape index (κ2) is 7.20. The molecule has 1 saturated carbocycles. The van der Waals surface area contributed by atoms with Crippen molar-refractivity contribution in [3.8, 4) is 17.0 Å². The van der Waals surface area contributed by atoms with Crippen molar-refractivity contribution in [2.24, 2.45) is 0 Å². The van der Waals surface area contributed by atoms with Crippen molar-refractivity contribution in [2.45, 2.75) is 44.7 Å². The standard InChI is InChI=1S/C24H25N5O2/c1-14-25-21-12-22(30)17(11-23(21)31-14)18-5-6-20-19(27-18)7-8-24(28-20)29-10-9-16(13-29)26-15-3-2-4-15/h5-8,11-12,15-16,26,30H,2-4,9-10,13H2,1H3. The lowest BCUT2D eigenvalue weighted by atomic mass is 9.92. The van der Waals surface area contributed by atoms with Crippen molar-refractivity contribution in [3.63, 3.8) is 0 Å². The van der Waals surface area contributed by atoms with E-state index < -0.39 is 0 Å². The van der Waals surface area contributed by atoms with Crippen LogP contribution in [-0.2, 0) is 0 Å². The number of hydrogen-bond donors (Lipinski definition) is 2. The topological polar surface area (TPSA) is 87.3 Å². The Kier molecular flexibility index (Phi) is 4.31. The number of pyridine rings is 2. The van der Waals surface area contributed by atoms with Crippen molar-refractivity contribution in [1.29, 1.82) is 0 Å². The molecule has 158 valence electrons. The highest BCUT2D eigenvalue weighted by Gasteiger charge is 2.27. The number of nitrogens with one attached hydrogen (secondary N) is 1. The highest BCUT2D eigenvalue weighted by Crippen LogP contribution is 2.33. The average molecular weight is 415 g/mol. The van der Waals surface area contributed by atoms with Crippen LogP contribution in [0.1, 0.15) is 31.6 Å². The molecule has 1 atom stereocenters. The Balaban J connectivity index is 1.27. The monoisotopic (exact) mass is 415 g/mol. The SMILES string of the molecule is Cc1nc2cc(O)c(-c3ccc4nc(N5CCC(NC6CCC6)C5)ccc4n3)cc2o1. The molecular formula is C24H25N5O2. The molecule has 6 rings (SSSR count). The number of hydrogen-bond acceptors (Lipinski definition) is 7. The predicted octanol–water partition coefficient (Wildman–Crippen LogP) is 4.17. The first kappa shape index (κ1) is 18.6. The maximum absolute atomic E-state index is 10.5. The summed E-state index contributed by atoms with van der Waals surface area (Å²) in [6.07, 6.45) is 5.16. The number of aromatic nitrogens is 3. The zero-order valence-electron chi connectivity index (χ0n) is 17.5. The molecule has 0 spiro atoms. The summed E-state index contributed by atoms with van der Waals surface area (Å²) in [5, 5.41) is 14.3. The van der Waals surface area contributed by atoms with E-state index in [1.54, 1.807) is 19.1 Å². The van der Waals surface area contributed by atoms with Crippen LogP contribution in [-0.4, -0.2) is 45.2 Å². The lowest BCUT2D eigenvalue weighted by molar-refractivity contribution is 0.311. The molecule has 3 aromatic heterocycles. The maximum atomic E-state index is 10.5. The zero-order chi connectivity index (χ0) is 20.9. The smallest absolute Gasteiger partial charge is 0.192 e. The number of fused-ring (bicyclic) bond motifs is 2. The van der Waals surface area contributed by atoms with E-state index in [0.29, 0.717) is 40.3 Å². The molecule has 1 aliphatic heterocycles. The minimum atomic E-state index is 0.138. The molecule has 1 saturated heterocycles. The van der Waals surface area contributed by atoms with E-state index in [-0.39, 0.29) is 5.75 Å². The number of aryl methyl sites for hydroxylation is 1. The van der Waals surface area contributed by atoms with Crippen LogP contribution in [0, 0.1) is 6.92 Å². The Morgan fingerprint density at radius 1 is 0.968 bits per heavy atom. The molecule has 1 aliphatic carbocycles. The van der Waals surface area contributed by atoms with Gasteiger partial charge in [0, 0.05) is 43.7 Å². The minimum Gasteiger partial charge on any atom is -0.507 e. The van der Waals surface area contributed by atoms with Crippen molar-refractivity contribution in [1.82, 2.24) is 20.3 Å². The van der Waals surface area contributed by atoms with Crippen LogP contribution in [0.4, 0.5) is 5.82 Å². The van der Waals surface area contributed by atoms with Crippen LogP contribution in [0.2, 0.25) is 0 Å². The van der Waals surface area contributed by atoms with Crippen molar-refractivity contribution < 1.29 is 9.52 Å². The van der Waals surface area contributed by atoms with Crippen LogP contribution < -0.4 is 10.2 Å². The molecule has 0 bridgehead atoms. The van der Waals surface area contributed by atoms with Crippen LogP contribution in [0.15, 0.2) is 40.8 Å². The highest BCUT2D eigenvalue weighted by atomic mass is 16.3. The molecule has 4 heterocycles. The molecule has 7 nitrogen and oxygen atoms in total. The Morgan fingerprint density at radius 2 is 1.81 bits per heavy atom. The minimum absolute atomic E-state index is 0.138. The summed E-state index contributed by atoms with van der Waals surface area (Å²) in [5.74, 6) is 1.71. The lowest BCUT2D eigenvalue weighted by Gasteiger charge is -2.30. The summed E-state index contributed by atoms with van der Waals surface area (Å²) in [5.41, 5.74) is 4.24. The Bertz CT molecular complexity index is 1280. The molecule has 31 heavy (non-hydrogen) atoms. The number of phenols is 1. The van der Waals surface area contributed by atoms with Gasteiger partial charge in [-0.25, -0.2) is 15.0 Å². The normalized spacial score (nSPS) is 19.4. The van der Waals surface area contributed by atoms with Gasteiger partial charge in [-0.05, 0) is 49.6 Å². The maximum Gasteiger partial charge on any atom is 0.192 e. The van der Waals surface area contributed by atoms with Gasteiger partial charge in [0.2, 0.25) is 0 Å². The molecular weight excluding hydrogens is 390 g/mol. The molecule has 4 aromatic rings. The van der Waals surface area contributed by atoms with Crippen LogP contribution in [0.25, 0.3) is 33.4 Å². The van der Waals surface area contributed by atoms with Gasteiger partial charge >= 0.3 is 0 Å². The molecule has 2 aliphatic rings. The number of anilines is 1. The van der Waals surface area contributed by atoms with Crippen molar-refractivity contribution in [2.75, 3.05) is 18.0 Å². The summed E-state index contributed by atoms with van der Waals surface area (Å²) < 4.78 is 5.62. The number of phenolic OH excluding ortho intramolecular Hbond substituents is 1. The van der Waals surface area contributed by atoms with Crippen molar-refractivity contribution >= 4 is 28.0 Å². The lowest BCUT2D eigenvalue weighted by Crippen LogP contribution is -2.43. The number of nitrogens with zero attached hydrogens (tertiary/aromatic N) is 4. The van der Waals surface area contributed by atoms with E-state index in [1.807, 2.05) is 24.3 Å². The summed E-state index contributed by atoms with van der Waals surface area (Å²) in [6.45, 7) is 3.82. The first-order chi connectivity index (χ1) is 15.1. The Morgan fingerprint density at radius 3 is 2.65 bits per heavy atom.